The number of aliphatic imine (C=N–C) groups is 1. The fourth-order valence-corrected chi connectivity index (χ4v) is 6.18. The van der Waals surface area contributed by atoms with Crippen molar-refractivity contribution >= 4 is 40.2 Å². The number of anilines is 2. The Bertz CT molecular complexity index is 1710. The van der Waals surface area contributed by atoms with Crippen molar-refractivity contribution in [2.24, 2.45) is 9.98 Å². The number of benzene rings is 1. The minimum Gasteiger partial charge on any atom is -0.501 e. The van der Waals surface area contributed by atoms with Gasteiger partial charge in [0.05, 0.1) is 45.1 Å². The second-order valence-electron chi connectivity index (χ2n) is 10.4. The third-order valence-corrected chi connectivity index (χ3v) is 8.51. The molecule has 4 aliphatic rings. The summed E-state index contributed by atoms with van der Waals surface area (Å²) in [6.07, 6.45) is 3.99. The number of pyridine rings is 1. The largest absolute Gasteiger partial charge is 0.501 e. The molecule has 1 aliphatic carbocycles. The number of allylic oxidation sites excluding steroid dienone is 3. The molecule has 1 N–H and O–H groups in total. The molecule has 2 fully saturated rings. The van der Waals surface area contributed by atoms with Crippen molar-refractivity contribution in [1.82, 2.24) is 19.5 Å². The number of methoxy groups -OCH3 is 2. The summed E-state index contributed by atoms with van der Waals surface area (Å²) >= 11 is 6.75. The first kappa shape index (κ1) is 26.0. The van der Waals surface area contributed by atoms with Gasteiger partial charge in [-0.2, -0.15) is 4.99 Å². The molecule has 0 saturated carbocycles. The molecular weight excluding hydrogens is 544 g/mol. The molecule has 3 aromatic rings. The molecule has 2 aromatic heterocycles. The summed E-state index contributed by atoms with van der Waals surface area (Å²) in [5.41, 5.74) is 5.33. The second kappa shape index (κ2) is 10.8. The normalized spacial score (nSPS) is 22.4. The highest BCUT2D eigenvalue weighted by Crippen LogP contribution is 2.33. The van der Waals surface area contributed by atoms with E-state index in [9.17, 15) is 0 Å². The minimum atomic E-state index is 0.451. The maximum atomic E-state index is 6.75. The Hall–Kier alpha value is -3.93. The third kappa shape index (κ3) is 4.83. The van der Waals surface area contributed by atoms with Crippen LogP contribution in [0.1, 0.15) is 12.0 Å². The molecular formula is C29H31ClN8O3. The highest BCUT2D eigenvalue weighted by Gasteiger charge is 2.29. The highest BCUT2D eigenvalue weighted by molar-refractivity contribution is 6.36. The Morgan fingerprint density at radius 3 is 2.80 bits per heavy atom. The van der Waals surface area contributed by atoms with Gasteiger partial charge in [-0.1, -0.05) is 11.6 Å². The molecule has 7 rings (SSSR count). The van der Waals surface area contributed by atoms with Crippen LogP contribution in [-0.2, 0) is 20.8 Å². The Morgan fingerprint density at radius 1 is 1.10 bits per heavy atom. The predicted octanol–water partition coefficient (Wildman–Crippen LogP) is 2.03. The maximum absolute atomic E-state index is 6.75. The van der Waals surface area contributed by atoms with Crippen molar-refractivity contribution in [1.29, 1.82) is 0 Å². The quantitative estimate of drug-likeness (QED) is 0.505. The zero-order valence-corrected chi connectivity index (χ0v) is 23.8. The van der Waals surface area contributed by atoms with Gasteiger partial charge in [0.1, 0.15) is 23.3 Å². The monoisotopic (exact) mass is 574 g/mol. The number of ether oxygens (including phenoxy) is 3. The molecule has 0 bridgehead atoms. The van der Waals surface area contributed by atoms with E-state index in [-0.39, 0.29) is 0 Å². The first-order valence-corrected chi connectivity index (χ1v) is 14.1. The molecule has 2 saturated heterocycles. The van der Waals surface area contributed by atoms with E-state index in [1.54, 1.807) is 26.6 Å². The highest BCUT2D eigenvalue weighted by atomic mass is 35.5. The van der Waals surface area contributed by atoms with E-state index in [4.69, 9.17) is 35.8 Å². The number of nitrogens with one attached hydrogen (secondary N) is 1. The van der Waals surface area contributed by atoms with Crippen molar-refractivity contribution in [2.75, 3.05) is 63.8 Å². The maximum Gasteiger partial charge on any atom is 0.224 e. The smallest absolute Gasteiger partial charge is 0.224 e. The van der Waals surface area contributed by atoms with Gasteiger partial charge < -0.3 is 24.4 Å². The Labute approximate surface area is 242 Å². The van der Waals surface area contributed by atoms with E-state index in [2.05, 4.69) is 49.6 Å². The number of morpholine rings is 1. The van der Waals surface area contributed by atoms with Gasteiger partial charge in [0.25, 0.3) is 0 Å². The van der Waals surface area contributed by atoms with Crippen molar-refractivity contribution in [3.8, 4) is 0 Å². The summed E-state index contributed by atoms with van der Waals surface area (Å²) < 4.78 is 18.6. The SMILES string of the molecule is COC1=CC(OC)=C(Cl)C(=c2cc3c(n4cnnc24)=NC(Nc2ccc(N4CCN5CCOC[C@H]5C4)cc2)=NC3)C1. The molecule has 5 heterocycles. The zero-order valence-electron chi connectivity index (χ0n) is 23.0. The topological polar surface area (TPSA) is 101 Å². The lowest BCUT2D eigenvalue weighted by Gasteiger charge is -2.44. The number of fused-ring (bicyclic) bond motifs is 4. The Morgan fingerprint density at radius 2 is 1.98 bits per heavy atom. The van der Waals surface area contributed by atoms with Gasteiger partial charge in [-0.3, -0.25) is 9.30 Å². The Kier molecular flexibility index (Phi) is 6.85. The van der Waals surface area contributed by atoms with E-state index in [1.165, 1.54) is 5.69 Å². The van der Waals surface area contributed by atoms with E-state index < -0.39 is 0 Å². The molecule has 0 radical (unpaired) electrons. The lowest BCUT2D eigenvalue weighted by Crippen LogP contribution is -2.58. The molecule has 0 unspecified atom stereocenters. The first-order valence-electron chi connectivity index (χ1n) is 13.7. The van der Waals surface area contributed by atoms with Crippen LogP contribution in [0.15, 0.2) is 69.3 Å². The van der Waals surface area contributed by atoms with E-state index in [1.807, 2.05) is 10.5 Å². The third-order valence-electron chi connectivity index (χ3n) is 8.09. The van der Waals surface area contributed by atoms with Gasteiger partial charge in [0.2, 0.25) is 5.96 Å². The fraction of sp³-hybridized carbons (Fsp3) is 0.379. The molecule has 1 atom stereocenters. The summed E-state index contributed by atoms with van der Waals surface area (Å²) in [5, 5.41) is 13.3. The van der Waals surface area contributed by atoms with Crippen LogP contribution in [0.2, 0.25) is 0 Å². The number of guanidine groups is 1. The number of halogens is 1. The van der Waals surface area contributed by atoms with Crippen LogP contribution >= 0.6 is 11.6 Å². The molecule has 0 amide bonds. The standard InChI is InChI=1S/C29H31ClN8O3/c1-39-22-12-23(26(30)25(13-22)40-2)24-11-18-14-31-29(34-27(18)38-17-32-35-28(24)38)33-19-3-5-20(6-4-19)37-8-7-36-9-10-41-16-21(36)15-37/h3-6,11,13,17,21H,7-10,12,14-16H2,1-2H3,(H,31,33)/t21-/m1/s1. The first-order chi connectivity index (χ1) is 20.1. The van der Waals surface area contributed by atoms with Gasteiger partial charge in [-0.25, -0.2) is 4.99 Å². The van der Waals surface area contributed by atoms with Crippen LogP contribution in [0.3, 0.4) is 0 Å². The lowest BCUT2D eigenvalue weighted by atomic mass is 10.0. The number of aromatic nitrogens is 3. The van der Waals surface area contributed by atoms with Crippen LogP contribution in [-0.4, -0.2) is 85.1 Å². The average molecular weight is 575 g/mol. The number of hydrogen-bond acceptors (Lipinski definition) is 10. The van der Waals surface area contributed by atoms with Gasteiger partial charge in [0, 0.05) is 60.8 Å². The van der Waals surface area contributed by atoms with Crippen LogP contribution in [0.25, 0.3) is 11.2 Å². The number of hydrogen-bond donors (Lipinski definition) is 1. The van der Waals surface area contributed by atoms with Gasteiger partial charge in [-0.15, -0.1) is 10.2 Å². The molecule has 0 spiro atoms. The van der Waals surface area contributed by atoms with Crippen LogP contribution in [0.4, 0.5) is 11.4 Å². The summed E-state index contributed by atoms with van der Waals surface area (Å²) in [7, 11) is 3.23. The van der Waals surface area contributed by atoms with E-state index in [0.717, 1.165) is 72.7 Å². The van der Waals surface area contributed by atoms with Crippen molar-refractivity contribution < 1.29 is 14.2 Å². The van der Waals surface area contributed by atoms with Crippen LogP contribution in [0, 0.1) is 0 Å². The number of piperazine rings is 1. The Balaban J connectivity index is 1.16. The lowest BCUT2D eigenvalue weighted by molar-refractivity contribution is -0.0116. The molecule has 12 heteroatoms. The zero-order chi connectivity index (χ0) is 27.9. The van der Waals surface area contributed by atoms with Gasteiger partial charge >= 0.3 is 0 Å². The molecule has 3 aliphatic heterocycles. The average Bonchev–Trinajstić information content (AvgIpc) is 3.52. The van der Waals surface area contributed by atoms with Crippen LogP contribution < -0.4 is 20.9 Å². The summed E-state index contributed by atoms with van der Waals surface area (Å²) in [6.45, 7) is 6.21. The summed E-state index contributed by atoms with van der Waals surface area (Å²) in [6, 6.07) is 11.0. The number of rotatable bonds is 4. The van der Waals surface area contributed by atoms with Crippen LogP contribution in [0.5, 0.6) is 0 Å². The molecule has 11 nitrogen and oxygen atoms in total. The predicted molar refractivity (Wildman–Crippen MR) is 156 cm³/mol. The van der Waals surface area contributed by atoms with Gasteiger partial charge in [0.15, 0.2) is 5.65 Å². The summed E-state index contributed by atoms with van der Waals surface area (Å²) in [4.78, 5) is 14.5. The van der Waals surface area contributed by atoms with Crippen molar-refractivity contribution in [3.63, 3.8) is 0 Å². The van der Waals surface area contributed by atoms with Gasteiger partial charge in [-0.05, 0) is 35.9 Å². The van der Waals surface area contributed by atoms with E-state index in [0.29, 0.717) is 41.4 Å². The molecule has 41 heavy (non-hydrogen) atoms. The van der Waals surface area contributed by atoms with Crippen molar-refractivity contribution in [3.05, 3.63) is 75.6 Å². The fourth-order valence-electron chi connectivity index (χ4n) is 5.88. The minimum absolute atomic E-state index is 0.451. The molecule has 212 valence electrons. The van der Waals surface area contributed by atoms with Crippen molar-refractivity contribution in [2.45, 2.75) is 19.0 Å². The summed E-state index contributed by atoms with van der Waals surface area (Å²) in [5.74, 6) is 1.84. The molecule has 1 aromatic carbocycles. The number of nitrogens with zero attached hydrogens (tertiary/aromatic N) is 7. The van der Waals surface area contributed by atoms with E-state index >= 15 is 0 Å². The second-order valence-corrected chi connectivity index (χ2v) is 10.8.